The van der Waals surface area contributed by atoms with Crippen molar-refractivity contribution < 1.29 is 44.4 Å². The molecule has 0 radical (unpaired) electrons. The van der Waals surface area contributed by atoms with E-state index in [1.165, 1.54) is 0 Å². The van der Waals surface area contributed by atoms with Gasteiger partial charge in [0.25, 0.3) is 0 Å². The van der Waals surface area contributed by atoms with Crippen molar-refractivity contribution in [3.05, 3.63) is 0 Å². The van der Waals surface area contributed by atoms with Crippen LogP contribution in [0.4, 0.5) is 0 Å². The molecule has 0 amide bonds. The minimum absolute atomic E-state index is 0.739. The van der Waals surface area contributed by atoms with Gasteiger partial charge in [-0.15, -0.1) is 0 Å². The van der Waals surface area contributed by atoms with E-state index in [0.717, 1.165) is 6.92 Å². The summed E-state index contributed by atoms with van der Waals surface area (Å²) in [5, 5.41) is 34.6. The van der Waals surface area contributed by atoms with Gasteiger partial charge in [0.15, 0.2) is 11.8 Å². The molecule has 0 aromatic rings. The van der Waals surface area contributed by atoms with E-state index >= 15 is 0 Å². The lowest BCUT2D eigenvalue weighted by Gasteiger charge is -2.21. The third kappa shape index (κ3) is 3.27. The molecule has 0 saturated carbocycles. The molecule has 0 spiro atoms. The van der Waals surface area contributed by atoms with Crippen LogP contribution in [0.15, 0.2) is 0 Å². The highest BCUT2D eigenvalue weighted by atomic mass is 16.4. The lowest BCUT2D eigenvalue weighted by molar-refractivity contribution is -0.167. The fourth-order valence-corrected chi connectivity index (χ4v) is 1.49. The molecule has 0 atom stereocenters. The average Bonchev–Trinajstić information content (AvgIpc) is 2.13. The largest absolute Gasteiger partial charge is 0.481 e. The summed E-state index contributed by atoms with van der Waals surface area (Å²) in [4.78, 5) is 54.1. The van der Waals surface area contributed by atoms with Crippen LogP contribution in [-0.2, 0) is 24.0 Å². The molecule has 0 unspecified atom stereocenters. The van der Waals surface area contributed by atoms with Crippen LogP contribution in [0.1, 0.15) is 6.92 Å². The molecule has 0 heterocycles. The van der Waals surface area contributed by atoms with Crippen molar-refractivity contribution in [3.63, 3.8) is 0 Å². The van der Waals surface area contributed by atoms with Gasteiger partial charge in [-0.2, -0.15) is 0 Å². The van der Waals surface area contributed by atoms with Crippen LogP contribution >= 0.6 is 0 Å². The Balaban J connectivity index is 5.73. The second-order valence-electron chi connectivity index (χ2n) is 3.44. The van der Waals surface area contributed by atoms with Crippen molar-refractivity contribution in [1.82, 2.24) is 0 Å². The van der Waals surface area contributed by atoms with Crippen LogP contribution in [0.3, 0.4) is 0 Å². The molecule has 4 N–H and O–H groups in total. The standard InChI is InChI=1S/C9H10O9/c1-2(10)3(4(6(11)12)7(13)14)5(8(15)16)9(17)18/h3-5H,1H3,(H,11,12)(H,13,14)(H,15,16)(H,17,18). The van der Waals surface area contributed by atoms with Crippen LogP contribution < -0.4 is 0 Å². The quantitative estimate of drug-likeness (QED) is 0.410. The fraction of sp³-hybridized carbons (Fsp3) is 0.444. The van der Waals surface area contributed by atoms with Gasteiger partial charge >= 0.3 is 23.9 Å². The van der Waals surface area contributed by atoms with Crippen LogP contribution in [0.25, 0.3) is 0 Å². The molecule has 0 fully saturated rings. The van der Waals surface area contributed by atoms with Gasteiger partial charge in [0.1, 0.15) is 5.78 Å². The first-order chi connectivity index (χ1) is 8.11. The number of ketones is 1. The molecule has 18 heavy (non-hydrogen) atoms. The summed E-state index contributed by atoms with van der Waals surface area (Å²) < 4.78 is 0. The first-order valence-corrected chi connectivity index (χ1v) is 4.53. The molecule has 0 aliphatic heterocycles. The van der Waals surface area contributed by atoms with E-state index in [-0.39, 0.29) is 0 Å². The minimum Gasteiger partial charge on any atom is -0.481 e. The van der Waals surface area contributed by atoms with E-state index in [1.54, 1.807) is 0 Å². The Morgan fingerprint density at radius 2 is 0.889 bits per heavy atom. The summed E-state index contributed by atoms with van der Waals surface area (Å²) in [6, 6.07) is 0. The van der Waals surface area contributed by atoms with Crippen molar-refractivity contribution in [2.24, 2.45) is 17.8 Å². The zero-order valence-electron chi connectivity index (χ0n) is 9.06. The number of rotatable bonds is 7. The Morgan fingerprint density at radius 3 is 1.00 bits per heavy atom. The van der Waals surface area contributed by atoms with Gasteiger partial charge in [-0.1, -0.05) is 0 Å². The van der Waals surface area contributed by atoms with Crippen LogP contribution in [0.2, 0.25) is 0 Å². The van der Waals surface area contributed by atoms with Crippen molar-refractivity contribution in [2.75, 3.05) is 0 Å². The molecule has 0 bridgehead atoms. The number of hydrogen-bond donors (Lipinski definition) is 4. The van der Waals surface area contributed by atoms with Gasteiger partial charge in [0.2, 0.25) is 0 Å². The lowest BCUT2D eigenvalue weighted by atomic mass is 9.78. The number of carbonyl (C=O) groups excluding carboxylic acids is 1. The number of carbonyl (C=O) groups is 5. The van der Waals surface area contributed by atoms with Gasteiger partial charge in [0, 0.05) is 0 Å². The van der Waals surface area contributed by atoms with E-state index in [1.807, 2.05) is 0 Å². The number of hydrogen-bond acceptors (Lipinski definition) is 5. The summed E-state index contributed by atoms with van der Waals surface area (Å²) >= 11 is 0. The second-order valence-corrected chi connectivity index (χ2v) is 3.44. The summed E-state index contributed by atoms with van der Waals surface area (Å²) in [6.45, 7) is 0.739. The third-order valence-electron chi connectivity index (χ3n) is 2.25. The molecule has 9 heteroatoms. The Morgan fingerprint density at radius 1 is 0.667 bits per heavy atom. The van der Waals surface area contributed by atoms with Crippen LogP contribution in [0, 0.1) is 17.8 Å². The van der Waals surface area contributed by atoms with Gasteiger partial charge in [-0.25, -0.2) is 0 Å². The fourth-order valence-electron chi connectivity index (χ4n) is 1.49. The molecule has 0 saturated heterocycles. The van der Waals surface area contributed by atoms with E-state index in [2.05, 4.69) is 0 Å². The molecule has 100 valence electrons. The highest BCUT2D eigenvalue weighted by molar-refractivity contribution is 6.04. The minimum atomic E-state index is -2.43. The number of carboxylic acids is 4. The highest BCUT2D eigenvalue weighted by Gasteiger charge is 2.48. The molecule has 0 rings (SSSR count). The van der Waals surface area contributed by atoms with Crippen LogP contribution in [0.5, 0.6) is 0 Å². The zero-order valence-corrected chi connectivity index (χ0v) is 9.06. The molecule has 0 aliphatic carbocycles. The van der Waals surface area contributed by atoms with Crippen molar-refractivity contribution >= 4 is 29.7 Å². The topological polar surface area (TPSA) is 166 Å². The number of Topliss-reactive ketones (excluding diaryl/α,β-unsaturated/α-hetero) is 1. The summed E-state index contributed by atoms with van der Waals surface area (Å²) in [5.41, 5.74) is 0. The van der Waals surface area contributed by atoms with E-state index < -0.39 is 47.4 Å². The molecule has 9 nitrogen and oxygen atoms in total. The predicted octanol–water partition coefficient (Wildman–Crippen LogP) is -1.24. The third-order valence-corrected chi connectivity index (χ3v) is 2.25. The maximum absolute atomic E-state index is 11.2. The normalized spacial score (nSPS) is 10.7. The van der Waals surface area contributed by atoms with E-state index in [9.17, 15) is 24.0 Å². The summed E-state index contributed by atoms with van der Waals surface area (Å²) in [6.07, 6.45) is 0. The molecule has 0 aromatic carbocycles. The number of aliphatic carboxylic acids is 4. The molecular weight excluding hydrogens is 252 g/mol. The van der Waals surface area contributed by atoms with Crippen molar-refractivity contribution in [3.8, 4) is 0 Å². The molecular formula is C9H10O9. The van der Waals surface area contributed by atoms with Gasteiger partial charge < -0.3 is 20.4 Å². The average molecular weight is 262 g/mol. The van der Waals surface area contributed by atoms with Gasteiger partial charge in [0.05, 0.1) is 5.92 Å². The van der Waals surface area contributed by atoms with Gasteiger partial charge in [-0.3, -0.25) is 24.0 Å². The summed E-state index contributed by atoms with van der Waals surface area (Å²) in [7, 11) is 0. The second kappa shape index (κ2) is 5.75. The SMILES string of the molecule is CC(=O)C(C(C(=O)O)C(=O)O)C(C(=O)O)C(=O)O. The lowest BCUT2D eigenvalue weighted by Crippen LogP contribution is -2.45. The Bertz CT molecular complexity index is 350. The van der Waals surface area contributed by atoms with Crippen molar-refractivity contribution in [1.29, 1.82) is 0 Å². The first kappa shape index (κ1) is 15.6. The summed E-state index contributed by atoms with van der Waals surface area (Å²) in [5.74, 6) is -16.1. The van der Waals surface area contributed by atoms with E-state index in [0.29, 0.717) is 0 Å². The van der Waals surface area contributed by atoms with Gasteiger partial charge in [-0.05, 0) is 6.92 Å². The highest BCUT2D eigenvalue weighted by Crippen LogP contribution is 2.24. The monoisotopic (exact) mass is 262 g/mol. The maximum Gasteiger partial charge on any atom is 0.318 e. The maximum atomic E-state index is 11.2. The smallest absolute Gasteiger partial charge is 0.318 e. The Kier molecular flexibility index (Phi) is 4.97. The Hall–Kier alpha value is -2.45. The van der Waals surface area contributed by atoms with E-state index in [4.69, 9.17) is 20.4 Å². The Labute approximate surface area is 99.6 Å². The zero-order chi connectivity index (χ0) is 14.6. The molecule has 0 aliphatic rings. The van der Waals surface area contributed by atoms with Crippen molar-refractivity contribution in [2.45, 2.75) is 6.92 Å². The number of carboxylic acid groups (broad SMARTS) is 4. The first-order valence-electron chi connectivity index (χ1n) is 4.53. The van der Waals surface area contributed by atoms with Crippen LogP contribution in [-0.4, -0.2) is 50.1 Å². The molecule has 0 aromatic heterocycles. The predicted molar refractivity (Wildman–Crippen MR) is 51.7 cm³/mol.